The maximum Gasteiger partial charge on any atom is 0.341 e. The Hall–Kier alpha value is -3.10. The fourth-order valence-corrected chi connectivity index (χ4v) is 5.44. The van der Waals surface area contributed by atoms with Gasteiger partial charge < -0.3 is 15.4 Å². The van der Waals surface area contributed by atoms with Crippen LogP contribution in [0, 0.1) is 0 Å². The van der Waals surface area contributed by atoms with Crippen molar-refractivity contribution >= 4 is 51.6 Å². The molecule has 0 aliphatic rings. The van der Waals surface area contributed by atoms with Gasteiger partial charge in [0.1, 0.15) is 10.6 Å². The van der Waals surface area contributed by atoms with Crippen LogP contribution in [-0.4, -0.2) is 29.6 Å². The number of hydrogen-bond acceptors (Lipinski definition) is 6. The summed E-state index contributed by atoms with van der Waals surface area (Å²) in [5, 5.41) is 7.82. The van der Waals surface area contributed by atoms with Crippen molar-refractivity contribution in [2.45, 2.75) is 50.2 Å². The van der Waals surface area contributed by atoms with Crippen LogP contribution in [0.3, 0.4) is 0 Å². The van der Waals surface area contributed by atoms with Gasteiger partial charge in [-0.2, -0.15) is 0 Å². The number of nitrogens with one attached hydrogen (secondary N) is 2. The van der Waals surface area contributed by atoms with Crippen molar-refractivity contribution in [2.24, 2.45) is 0 Å². The molecule has 3 rings (SSSR count). The quantitative estimate of drug-likeness (QED) is 0.218. The third-order valence-electron chi connectivity index (χ3n) is 5.13. The number of hydrogen-bond donors (Lipinski definition) is 2. The maximum atomic E-state index is 13.2. The molecule has 8 heteroatoms. The molecule has 0 radical (unpaired) electrons. The maximum absolute atomic E-state index is 13.2. The molecule has 2 aromatic carbocycles. The molecule has 1 heterocycles. The highest BCUT2D eigenvalue weighted by Gasteiger charge is 2.25. The van der Waals surface area contributed by atoms with Crippen LogP contribution < -0.4 is 10.6 Å². The lowest BCUT2D eigenvalue weighted by atomic mass is 10.0. The van der Waals surface area contributed by atoms with Crippen LogP contribution in [0.5, 0.6) is 0 Å². The molecule has 0 bridgehead atoms. The molecular formula is C27H30N2O4S2. The van der Waals surface area contributed by atoms with Gasteiger partial charge in [0, 0.05) is 27.9 Å². The zero-order valence-electron chi connectivity index (χ0n) is 20.1. The minimum atomic E-state index is -0.459. The van der Waals surface area contributed by atoms with Crippen LogP contribution >= 0.6 is 23.1 Å². The van der Waals surface area contributed by atoms with Crippen molar-refractivity contribution in [3.63, 3.8) is 0 Å². The molecule has 6 nitrogen and oxygen atoms in total. The smallest absolute Gasteiger partial charge is 0.341 e. The number of esters is 1. The van der Waals surface area contributed by atoms with Gasteiger partial charge in [-0.15, -0.1) is 23.1 Å². The van der Waals surface area contributed by atoms with E-state index in [9.17, 15) is 14.4 Å². The first kappa shape index (κ1) is 26.5. The van der Waals surface area contributed by atoms with Crippen LogP contribution in [-0.2, 0) is 14.3 Å². The fourth-order valence-electron chi connectivity index (χ4n) is 3.46. The second-order valence-electron chi connectivity index (χ2n) is 7.77. The highest BCUT2D eigenvalue weighted by molar-refractivity contribution is 8.00. The number of amides is 2. The average molecular weight is 511 g/mol. The minimum Gasteiger partial charge on any atom is -0.462 e. The first-order valence-electron chi connectivity index (χ1n) is 11.7. The summed E-state index contributed by atoms with van der Waals surface area (Å²) in [7, 11) is 0. The van der Waals surface area contributed by atoms with Gasteiger partial charge in [-0.05, 0) is 43.5 Å². The second kappa shape index (κ2) is 13.1. The molecule has 3 aromatic rings. The largest absolute Gasteiger partial charge is 0.462 e. The summed E-state index contributed by atoms with van der Waals surface area (Å²) in [5.74, 6) is -0.679. The Morgan fingerprint density at radius 3 is 2.46 bits per heavy atom. The lowest BCUT2D eigenvalue weighted by Crippen LogP contribution is -2.25. The molecule has 0 saturated heterocycles. The Balaban J connectivity index is 1.79. The Bertz CT molecular complexity index is 1160. The van der Waals surface area contributed by atoms with E-state index >= 15 is 0 Å². The Labute approximate surface area is 214 Å². The zero-order chi connectivity index (χ0) is 25.2. The Morgan fingerprint density at radius 2 is 1.77 bits per heavy atom. The van der Waals surface area contributed by atoms with Gasteiger partial charge in [0.15, 0.2) is 0 Å². The van der Waals surface area contributed by atoms with Gasteiger partial charge in [0.05, 0.1) is 11.9 Å². The summed E-state index contributed by atoms with van der Waals surface area (Å²) < 4.78 is 5.29. The van der Waals surface area contributed by atoms with Gasteiger partial charge in [0.25, 0.3) is 0 Å². The third kappa shape index (κ3) is 7.19. The van der Waals surface area contributed by atoms with Crippen molar-refractivity contribution in [1.82, 2.24) is 0 Å². The molecule has 0 spiro atoms. The van der Waals surface area contributed by atoms with E-state index in [0.717, 1.165) is 22.4 Å². The van der Waals surface area contributed by atoms with Gasteiger partial charge in [-0.25, -0.2) is 4.79 Å². The number of thioether (sulfide) groups is 1. The lowest BCUT2D eigenvalue weighted by molar-refractivity contribution is -0.116. The fraction of sp³-hybridized carbons (Fsp3) is 0.296. The van der Waals surface area contributed by atoms with Crippen LogP contribution in [0.15, 0.2) is 64.9 Å². The molecular weight excluding hydrogens is 480 g/mol. The van der Waals surface area contributed by atoms with Crippen molar-refractivity contribution in [3.8, 4) is 11.1 Å². The summed E-state index contributed by atoms with van der Waals surface area (Å²) in [6, 6.07) is 17.1. The van der Waals surface area contributed by atoms with Gasteiger partial charge in [-0.3, -0.25) is 9.59 Å². The van der Waals surface area contributed by atoms with E-state index in [4.69, 9.17) is 4.74 Å². The number of benzene rings is 2. The summed E-state index contributed by atoms with van der Waals surface area (Å²) in [5.41, 5.74) is 2.70. The molecule has 0 fully saturated rings. The monoisotopic (exact) mass is 510 g/mol. The number of anilines is 2. The Morgan fingerprint density at radius 1 is 1.00 bits per heavy atom. The number of rotatable bonds is 11. The topological polar surface area (TPSA) is 84.5 Å². The second-order valence-corrected chi connectivity index (χ2v) is 9.93. The van der Waals surface area contributed by atoms with Gasteiger partial charge >= 0.3 is 5.97 Å². The van der Waals surface area contributed by atoms with E-state index in [0.29, 0.717) is 29.1 Å². The summed E-state index contributed by atoms with van der Waals surface area (Å²) in [6.07, 6.45) is 1.83. The van der Waals surface area contributed by atoms with E-state index < -0.39 is 5.97 Å². The molecule has 0 aliphatic carbocycles. The van der Waals surface area contributed by atoms with E-state index in [1.165, 1.54) is 23.1 Å². The van der Waals surface area contributed by atoms with E-state index in [2.05, 4.69) is 10.6 Å². The molecule has 1 aromatic heterocycles. The van der Waals surface area contributed by atoms with Crippen LogP contribution in [0.2, 0.25) is 0 Å². The molecule has 2 N–H and O–H groups in total. The number of thiophene rings is 1. The molecule has 1 atom stereocenters. The highest BCUT2D eigenvalue weighted by atomic mass is 32.2. The SMILES string of the molecule is CCCC(=O)Nc1cccc(SC(CC)C(=O)Nc2scc(-c3ccccc3)c2C(=O)OCC)c1. The predicted octanol–water partition coefficient (Wildman–Crippen LogP) is 6.84. The Kier molecular flexibility index (Phi) is 9.93. The minimum absolute atomic E-state index is 0.0298. The molecule has 35 heavy (non-hydrogen) atoms. The van der Waals surface area contributed by atoms with Crippen LogP contribution in [0.1, 0.15) is 50.4 Å². The molecule has 2 amide bonds. The van der Waals surface area contributed by atoms with Crippen molar-refractivity contribution in [1.29, 1.82) is 0 Å². The molecule has 0 aliphatic heterocycles. The number of ether oxygens (including phenoxy) is 1. The third-order valence-corrected chi connectivity index (χ3v) is 7.38. The molecule has 0 saturated carbocycles. The lowest BCUT2D eigenvalue weighted by Gasteiger charge is -2.16. The summed E-state index contributed by atoms with van der Waals surface area (Å²) in [6.45, 7) is 5.91. The van der Waals surface area contributed by atoms with Crippen LogP contribution in [0.4, 0.5) is 10.7 Å². The van der Waals surface area contributed by atoms with E-state index in [1.54, 1.807) is 6.92 Å². The first-order chi connectivity index (χ1) is 17.0. The normalized spacial score (nSPS) is 11.5. The first-order valence-corrected chi connectivity index (χ1v) is 13.4. The van der Waals surface area contributed by atoms with Crippen molar-refractivity contribution in [3.05, 3.63) is 65.5 Å². The molecule has 1 unspecified atom stereocenters. The predicted molar refractivity (Wildman–Crippen MR) is 144 cm³/mol. The zero-order valence-corrected chi connectivity index (χ0v) is 21.8. The van der Waals surface area contributed by atoms with Crippen LogP contribution in [0.25, 0.3) is 11.1 Å². The van der Waals surface area contributed by atoms with E-state index in [-0.39, 0.29) is 23.7 Å². The van der Waals surface area contributed by atoms with Gasteiger partial charge in [-0.1, -0.05) is 50.2 Å². The summed E-state index contributed by atoms with van der Waals surface area (Å²) >= 11 is 2.74. The standard InChI is InChI=1S/C27H30N2O4S2/c1-4-11-23(30)28-19-14-10-15-20(16-19)35-22(5-2)25(31)29-26-24(27(32)33-6-3)21(17-34-26)18-12-8-7-9-13-18/h7-10,12-17,22H,4-6,11H2,1-3H3,(H,28,30)(H,29,31). The summed E-state index contributed by atoms with van der Waals surface area (Å²) in [4.78, 5) is 38.8. The number of carbonyl (C=O) groups excluding carboxylic acids is 3. The van der Waals surface area contributed by atoms with E-state index in [1.807, 2.05) is 73.8 Å². The van der Waals surface area contributed by atoms with Gasteiger partial charge in [0.2, 0.25) is 11.8 Å². The van der Waals surface area contributed by atoms with Crippen molar-refractivity contribution in [2.75, 3.05) is 17.2 Å². The highest BCUT2D eigenvalue weighted by Crippen LogP contribution is 2.37. The number of carbonyl (C=O) groups is 3. The average Bonchev–Trinajstić information content (AvgIpc) is 3.27. The molecule has 184 valence electrons. The van der Waals surface area contributed by atoms with Crippen molar-refractivity contribution < 1.29 is 19.1 Å².